The minimum atomic E-state index is -0.0261. The van der Waals surface area contributed by atoms with Gasteiger partial charge >= 0.3 is 0 Å². The third-order valence-corrected chi connectivity index (χ3v) is 6.65. The predicted molar refractivity (Wildman–Crippen MR) is 113 cm³/mol. The van der Waals surface area contributed by atoms with E-state index in [-0.39, 0.29) is 5.91 Å². The van der Waals surface area contributed by atoms with Crippen LogP contribution in [0.4, 0.5) is 0 Å². The third kappa shape index (κ3) is 4.65. The van der Waals surface area contributed by atoms with Crippen LogP contribution in [0.1, 0.15) is 29.5 Å². The number of rotatable bonds is 6. The Labute approximate surface area is 162 Å². The molecular formula is C21H24N2OS2. The number of carbonyl (C=O) groups is 1. The summed E-state index contributed by atoms with van der Waals surface area (Å²) in [6.45, 7) is 4.21. The average molecular weight is 385 g/mol. The number of benzene rings is 2. The summed E-state index contributed by atoms with van der Waals surface area (Å²) in [5.74, 6) is 1.95. The van der Waals surface area contributed by atoms with Gasteiger partial charge in [0.1, 0.15) is 0 Å². The summed E-state index contributed by atoms with van der Waals surface area (Å²) in [6.07, 6.45) is 1.38. The van der Waals surface area contributed by atoms with Gasteiger partial charge in [-0.2, -0.15) is 16.8 Å². The Morgan fingerprint density at radius 1 is 1.19 bits per heavy atom. The number of carbonyl (C=O) groups excluding carboxylic acids is 1. The largest absolute Gasteiger partial charge is 0.319 e. The van der Waals surface area contributed by atoms with Crippen LogP contribution in [0.2, 0.25) is 0 Å². The molecule has 0 aliphatic heterocycles. The second-order valence-corrected chi connectivity index (χ2v) is 8.60. The molecular weight excluding hydrogens is 360 g/mol. The zero-order chi connectivity index (χ0) is 18.5. The van der Waals surface area contributed by atoms with Crippen LogP contribution in [0.3, 0.4) is 0 Å². The van der Waals surface area contributed by atoms with Gasteiger partial charge < -0.3 is 4.57 Å². The maximum absolute atomic E-state index is 12.2. The lowest BCUT2D eigenvalue weighted by Gasteiger charge is -2.01. The Morgan fingerprint density at radius 2 is 1.96 bits per heavy atom. The van der Waals surface area contributed by atoms with Crippen LogP contribution in [-0.4, -0.2) is 16.2 Å². The summed E-state index contributed by atoms with van der Waals surface area (Å²) in [5.41, 5.74) is 4.96. The highest BCUT2D eigenvalue weighted by Crippen LogP contribution is 2.22. The minimum Gasteiger partial charge on any atom is -0.319 e. The summed E-state index contributed by atoms with van der Waals surface area (Å²) >= 11 is 3.47. The Bertz CT molecular complexity index is 971. The minimum absolute atomic E-state index is 0.0261. The molecule has 1 amide bonds. The maximum atomic E-state index is 12.2. The highest BCUT2D eigenvalue weighted by Gasteiger charge is 2.08. The highest BCUT2D eigenvalue weighted by molar-refractivity contribution is 7.98. The molecule has 136 valence electrons. The van der Waals surface area contributed by atoms with Crippen molar-refractivity contribution in [2.24, 2.45) is 12.0 Å². The number of hydrogen-bond acceptors (Lipinski definition) is 3. The number of aryl methyl sites for hydroxylation is 3. The number of thiazole rings is 1. The molecule has 0 atom stereocenters. The molecule has 0 aliphatic rings. The van der Waals surface area contributed by atoms with Crippen molar-refractivity contribution in [2.45, 2.75) is 32.4 Å². The van der Waals surface area contributed by atoms with Crippen molar-refractivity contribution >= 4 is 39.2 Å². The van der Waals surface area contributed by atoms with Crippen LogP contribution in [-0.2, 0) is 17.6 Å². The van der Waals surface area contributed by atoms with Crippen LogP contribution in [0.15, 0.2) is 47.5 Å². The van der Waals surface area contributed by atoms with E-state index in [0.29, 0.717) is 6.42 Å². The average Bonchev–Trinajstić information content (AvgIpc) is 2.92. The van der Waals surface area contributed by atoms with Crippen molar-refractivity contribution in [3.05, 3.63) is 64.0 Å². The molecule has 3 nitrogen and oxygen atoms in total. The van der Waals surface area contributed by atoms with Gasteiger partial charge in [0.25, 0.3) is 0 Å². The SMILES string of the molecule is Cc1cc(C)c2sc(=NC(=O)CCCSCc3ccccc3)n(C)c2c1. The Balaban J connectivity index is 1.58. The number of fused-ring (bicyclic) bond motifs is 1. The quantitative estimate of drug-likeness (QED) is 0.561. The lowest BCUT2D eigenvalue weighted by Crippen LogP contribution is -2.13. The van der Waals surface area contributed by atoms with E-state index in [1.165, 1.54) is 21.4 Å². The molecule has 0 saturated heterocycles. The van der Waals surface area contributed by atoms with Crippen LogP contribution in [0.25, 0.3) is 10.2 Å². The molecule has 0 bridgehead atoms. The van der Waals surface area contributed by atoms with Gasteiger partial charge in [-0.05, 0) is 48.8 Å². The summed E-state index contributed by atoms with van der Waals surface area (Å²) in [6, 6.07) is 14.8. The van der Waals surface area contributed by atoms with Gasteiger partial charge in [0, 0.05) is 19.2 Å². The molecule has 5 heteroatoms. The normalized spacial score (nSPS) is 12.0. The number of aromatic nitrogens is 1. The van der Waals surface area contributed by atoms with Crippen LogP contribution >= 0.6 is 23.1 Å². The Morgan fingerprint density at radius 3 is 2.73 bits per heavy atom. The van der Waals surface area contributed by atoms with Gasteiger partial charge in [-0.1, -0.05) is 47.7 Å². The molecule has 0 radical (unpaired) electrons. The van der Waals surface area contributed by atoms with E-state index in [4.69, 9.17) is 0 Å². The summed E-state index contributed by atoms with van der Waals surface area (Å²) in [4.78, 5) is 17.4. The molecule has 0 unspecified atom stereocenters. The second-order valence-electron chi connectivity index (χ2n) is 6.52. The first kappa shape index (κ1) is 18.9. The van der Waals surface area contributed by atoms with Crippen molar-refractivity contribution in [1.29, 1.82) is 0 Å². The number of nitrogens with zero attached hydrogens (tertiary/aromatic N) is 2. The number of hydrogen-bond donors (Lipinski definition) is 0. The monoisotopic (exact) mass is 384 g/mol. The van der Waals surface area contributed by atoms with Crippen molar-refractivity contribution < 1.29 is 4.79 Å². The summed E-state index contributed by atoms with van der Waals surface area (Å²) < 4.78 is 3.24. The molecule has 3 rings (SSSR count). The van der Waals surface area contributed by atoms with Gasteiger partial charge in [-0.15, -0.1) is 0 Å². The van der Waals surface area contributed by atoms with Crippen LogP contribution in [0, 0.1) is 13.8 Å². The fourth-order valence-electron chi connectivity index (χ4n) is 2.93. The van der Waals surface area contributed by atoms with E-state index in [1.54, 1.807) is 11.3 Å². The van der Waals surface area contributed by atoms with Crippen molar-refractivity contribution in [2.75, 3.05) is 5.75 Å². The first-order valence-electron chi connectivity index (χ1n) is 8.80. The summed E-state index contributed by atoms with van der Waals surface area (Å²) in [7, 11) is 1.99. The van der Waals surface area contributed by atoms with E-state index in [0.717, 1.165) is 28.2 Å². The fraction of sp³-hybridized carbons (Fsp3) is 0.333. The topological polar surface area (TPSA) is 34.4 Å². The molecule has 0 fully saturated rings. The first-order valence-corrected chi connectivity index (χ1v) is 10.8. The Hall–Kier alpha value is -1.85. The second kappa shape index (κ2) is 8.69. The molecule has 0 aliphatic carbocycles. The zero-order valence-corrected chi connectivity index (χ0v) is 17.1. The van der Waals surface area contributed by atoms with Crippen molar-refractivity contribution in [1.82, 2.24) is 4.57 Å². The van der Waals surface area contributed by atoms with Crippen LogP contribution < -0.4 is 4.80 Å². The zero-order valence-electron chi connectivity index (χ0n) is 15.5. The molecule has 3 aromatic rings. The van der Waals surface area contributed by atoms with E-state index < -0.39 is 0 Å². The van der Waals surface area contributed by atoms with Gasteiger partial charge in [-0.3, -0.25) is 4.79 Å². The number of amides is 1. The molecule has 1 heterocycles. The lowest BCUT2D eigenvalue weighted by atomic mass is 10.1. The van der Waals surface area contributed by atoms with Gasteiger partial charge in [0.05, 0.1) is 10.2 Å². The standard InChI is InChI=1S/C21H24N2OS2/c1-15-12-16(2)20-18(13-15)23(3)21(26-20)22-19(24)10-7-11-25-14-17-8-5-4-6-9-17/h4-6,8-9,12-13H,7,10-11,14H2,1-3H3. The highest BCUT2D eigenvalue weighted by atomic mass is 32.2. The molecule has 26 heavy (non-hydrogen) atoms. The lowest BCUT2D eigenvalue weighted by molar-refractivity contribution is -0.118. The smallest absolute Gasteiger partial charge is 0.248 e. The fourth-order valence-corrected chi connectivity index (χ4v) is 4.93. The summed E-state index contributed by atoms with van der Waals surface area (Å²) in [5, 5.41) is 0. The molecule has 0 spiro atoms. The van der Waals surface area contributed by atoms with E-state index in [2.05, 4.69) is 55.2 Å². The van der Waals surface area contributed by atoms with Gasteiger partial charge in [-0.25, -0.2) is 0 Å². The molecule has 0 N–H and O–H groups in total. The number of thioether (sulfide) groups is 1. The van der Waals surface area contributed by atoms with E-state index in [9.17, 15) is 4.79 Å². The molecule has 1 aromatic heterocycles. The van der Waals surface area contributed by atoms with Crippen molar-refractivity contribution in [3.8, 4) is 0 Å². The van der Waals surface area contributed by atoms with E-state index in [1.807, 2.05) is 29.4 Å². The van der Waals surface area contributed by atoms with Gasteiger partial charge in [0.15, 0.2) is 4.80 Å². The van der Waals surface area contributed by atoms with Crippen molar-refractivity contribution in [3.63, 3.8) is 0 Å². The molecule has 2 aromatic carbocycles. The van der Waals surface area contributed by atoms with Gasteiger partial charge in [0.2, 0.25) is 5.91 Å². The predicted octanol–water partition coefficient (Wildman–Crippen LogP) is 5.00. The van der Waals surface area contributed by atoms with Crippen LogP contribution in [0.5, 0.6) is 0 Å². The first-order chi connectivity index (χ1) is 12.5. The maximum Gasteiger partial charge on any atom is 0.248 e. The molecule has 0 saturated carbocycles. The Kier molecular flexibility index (Phi) is 6.33. The third-order valence-electron chi connectivity index (χ3n) is 4.25. The van der Waals surface area contributed by atoms with E-state index >= 15 is 0 Å².